The number of nitrogens with zero attached hydrogens (tertiary/aromatic N) is 1. The Hall–Kier alpha value is -0.610. The lowest BCUT2D eigenvalue weighted by molar-refractivity contribution is -0.129. The van der Waals surface area contributed by atoms with Crippen molar-refractivity contribution in [3.63, 3.8) is 0 Å². The summed E-state index contributed by atoms with van der Waals surface area (Å²) in [5.41, 5.74) is -0.593. The van der Waals surface area contributed by atoms with Gasteiger partial charge in [0.25, 0.3) is 0 Å². The maximum atomic E-state index is 11.9. The van der Waals surface area contributed by atoms with Gasteiger partial charge >= 0.3 is 0 Å². The second-order valence-corrected chi connectivity index (χ2v) is 6.42. The summed E-state index contributed by atoms with van der Waals surface area (Å²) >= 11 is 0. The first-order valence-corrected chi connectivity index (χ1v) is 7.73. The van der Waals surface area contributed by atoms with Gasteiger partial charge in [-0.2, -0.15) is 0 Å². The normalized spacial score (nSPS) is 31.2. The predicted octanol–water partition coefficient (Wildman–Crippen LogP) is 1.53. The van der Waals surface area contributed by atoms with E-state index >= 15 is 0 Å². The lowest BCUT2D eigenvalue weighted by Gasteiger charge is -2.36. The SMILES string of the molecule is CCC1CCC(O)(CNCC(=O)N(C)C2CC2)CC1. The molecule has 4 nitrogen and oxygen atoms in total. The van der Waals surface area contributed by atoms with Crippen LogP contribution in [0.3, 0.4) is 0 Å². The number of hydrogen-bond donors (Lipinski definition) is 2. The van der Waals surface area contributed by atoms with Gasteiger partial charge in [-0.3, -0.25) is 4.79 Å². The van der Waals surface area contributed by atoms with Gasteiger partial charge in [0.1, 0.15) is 0 Å². The van der Waals surface area contributed by atoms with Crippen LogP contribution in [0.2, 0.25) is 0 Å². The largest absolute Gasteiger partial charge is 0.389 e. The Kier molecular flexibility index (Phi) is 4.85. The van der Waals surface area contributed by atoms with Crippen LogP contribution >= 0.6 is 0 Å². The molecule has 0 saturated heterocycles. The molecular weight excluding hydrogens is 240 g/mol. The summed E-state index contributed by atoms with van der Waals surface area (Å²) in [5, 5.41) is 13.6. The van der Waals surface area contributed by atoms with Gasteiger partial charge in [0, 0.05) is 19.6 Å². The zero-order valence-corrected chi connectivity index (χ0v) is 12.3. The minimum atomic E-state index is -0.593. The van der Waals surface area contributed by atoms with E-state index in [0.29, 0.717) is 19.1 Å². The van der Waals surface area contributed by atoms with Gasteiger partial charge in [0.05, 0.1) is 12.1 Å². The Labute approximate surface area is 116 Å². The molecule has 0 aliphatic heterocycles. The van der Waals surface area contributed by atoms with Crippen LogP contribution in [0.25, 0.3) is 0 Å². The Balaban J connectivity index is 1.66. The van der Waals surface area contributed by atoms with Crippen LogP contribution in [0.4, 0.5) is 0 Å². The summed E-state index contributed by atoms with van der Waals surface area (Å²) in [5.74, 6) is 0.927. The Morgan fingerprint density at radius 3 is 2.47 bits per heavy atom. The fourth-order valence-electron chi connectivity index (χ4n) is 2.99. The van der Waals surface area contributed by atoms with Crippen molar-refractivity contribution < 1.29 is 9.90 Å². The molecule has 0 spiro atoms. The molecule has 19 heavy (non-hydrogen) atoms. The highest BCUT2D eigenvalue weighted by atomic mass is 16.3. The van der Waals surface area contributed by atoms with E-state index in [4.69, 9.17) is 0 Å². The second-order valence-electron chi connectivity index (χ2n) is 6.42. The maximum Gasteiger partial charge on any atom is 0.236 e. The third-order valence-electron chi connectivity index (χ3n) is 4.83. The number of nitrogens with one attached hydrogen (secondary N) is 1. The van der Waals surface area contributed by atoms with Crippen molar-refractivity contribution in [1.82, 2.24) is 10.2 Å². The monoisotopic (exact) mass is 268 g/mol. The van der Waals surface area contributed by atoms with Crippen LogP contribution in [0.1, 0.15) is 51.9 Å². The number of carbonyl (C=O) groups is 1. The molecule has 0 aromatic rings. The van der Waals surface area contributed by atoms with Gasteiger partial charge in [-0.1, -0.05) is 13.3 Å². The summed E-state index contributed by atoms with van der Waals surface area (Å²) in [4.78, 5) is 13.7. The van der Waals surface area contributed by atoms with Gasteiger partial charge in [-0.15, -0.1) is 0 Å². The number of carbonyl (C=O) groups excluding carboxylic acids is 1. The molecule has 0 aromatic carbocycles. The van der Waals surface area contributed by atoms with E-state index in [9.17, 15) is 9.90 Å². The Morgan fingerprint density at radius 1 is 1.32 bits per heavy atom. The zero-order chi connectivity index (χ0) is 13.9. The molecule has 2 N–H and O–H groups in total. The molecule has 0 atom stereocenters. The highest BCUT2D eigenvalue weighted by Gasteiger charge is 2.33. The molecule has 2 fully saturated rings. The van der Waals surface area contributed by atoms with Crippen molar-refractivity contribution in [2.24, 2.45) is 5.92 Å². The van der Waals surface area contributed by atoms with Crippen molar-refractivity contribution in [3.05, 3.63) is 0 Å². The van der Waals surface area contributed by atoms with Crippen LogP contribution in [0.15, 0.2) is 0 Å². The molecule has 0 radical (unpaired) electrons. The summed E-state index contributed by atoms with van der Waals surface area (Å²) in [6, 6.07) is 0.470. The summed E-state index contributed by atoms with van der Waals surface area (Å²) in [6.07, 6.45) is 7.47. The number of hydrogen-bond acceptors (Lipinski definition) is 3. The van der Waals surface area contributed by atoms with Crippen molar-refractivity contribution in [2.45, 2.75) is 63.5 Å². The summed E-state index contributed by atoms with van der Waals surface area (Å²) in [6.45, 7) is 3.12. The number of aliphatic hydroxyl groups is 1. The van der Waals surface area contributed by atoms with Crippen molar-refractivity contribution in [3.8, 4) is 0 Å². The number of likely N-dealkylation sites (N-methyl/N-ethyl adjacent to an activating group) is 1. The first-order chi connectivity index (χ1) is 9.04. The quantitative estimate of drug-likeness (QED) is 0.768. The van der Waals surface area contributed by atoms with Gasteiger partial charge in [0.2, 0.25) is 5.91 Å². The fourth-order valence-corrected chi connectivity index (χ4v) is 2.99. The molecule has 2 aliphatic carbocycles. The van der Waals surface area contributed by atoms with E-state index in [1.54, 1.807) is 0 Å². The molecule has 0 unspecified atom stereocenters. The molecule has 0 heterocycles. The van der Waals surface area contributed by atoms with Gasteiger partial charge in [-0.05, 0) is 44.4 Å². The van der Waals surface area contributed by atoms with Crippen LogP contribution in [-0.2, 0) is 4.79 Å². The average Bonchev–Trinajstić information content (AvgIpc) is 3.23. The first kappa shape index (κ1) is 14.8. The minimum Gasteiger partial charge on any atom is -0.389 e. The van der Waals surface area contributed by atoms with E-state index in [1.807, 2.05) is 11.9 Å². The van der Waals surface area contributed by atoms with Crippen LogP contribution < -0.4 is 5.32 Å². The van der Waals surface area contributed by atoms with Crippen LogP contribution in [-0.4, -0.2) is 47.7 Å². The highest BCUT2D eigenvalue weighted by molar-refractivity contribution is 5.78. The number of rotatable bonds is 6. The second kappa shape index (κ2) is 6.23. The molecule has 2 saturated carbocycles. The zero-order valence-electron chi connectivity index (χ0n) is 12.3. The summed E-state index contributed by atoms with van der Waals surface area (Å²) < 4.78 is 0. The van der Waals surface area contributed by atoms with Gasteiger partial charge in [-0.25, -0.2) is 0 Å². The Bertz CT molecular complexity index is 307. The van der Waals surface area contributed by atoms with Crippen LogP contribution in [0, 0.1) is 5.92 Å². The molecule has 4 heteroatoms. The Morgan fingerprint density at radius 2 is 1.95 bits per heavy atom. The smallest absolute Gasteiger partial charge is 0.236 e. The molecular formula is C15H28N2O2. The third-order valence-corrected chi connectivity index (χ3v) is 4.83. The highest BCUT2D eigenvalue weighted by Crippen LogP contribution is 2.33. The topological polar surface area (TPSA) is 52.6 Å². The third kappa shape index (κ3) is 4.18. The fraction of sp³-hybridized carbons (Fsp3) is 0.933. The standard InChI is InChI=1S/C15H28N2O2/c1-3-12-6-8-15(19,9-7-12)11-16-10-14(18)17(2)13-4-5-13/h12-13,16,19H,3-11H2,1-2H3. The molecule has 2 aliphatic rings. The predicted molar refractivity (Wildman–Crippen MR) is 75.9 cm³/mol. The minimum absolute atomic E-state index is 0.147. The maximum absolute atomic E-state index is 11.9. The van der Waals surface area contributed by atoms with Gasteiger partial charge < -0.3 is 15.3 Å². The van der Waals surface area contributed by atoms with E-state index in [1.165, 1.54) is 6.42 Å². The van der Waals surface area contributed by atoms with E-state index < -0.39 is 5.60 Å². The van der Waals surface area contributed by atoms with E-state index in [-0.39, 0.29) is 5.91 Å². The molecule has 0 aromatic heterocycles. The van der Waals surface area contributed by atoms with E-state index in [2.05, 4.69) is 12.2 Å². The lowest BCUT2D eigenvalue weighted by atomic mass is 9.78. The van der Waals surface area contributed by atoms with Crippen molar-refractivity contribution >= 4 is 5.91 Å². The first-order valence-electron chi connectivity index (χ1n) is 7.73. The molecule has 110 valence electrons. The number of amides is 1. The lowest BCUT2D eigenvalue weighted by Crippen LogP contribution is -2.46. The van der Waals surface area contributed by atoms with Gasteiger partial charge in [0.15, 0.2) is 0 Å². The molecule has 1 amide bonds. The molecule has 0 bridgehead atoms. The molecule has 2 rings (SSSR count). The van der Waals surface area contributed by atoms with Crippen LogP contribution in [0.5, 0.6) is 0 Å². The van der Waals surface area contributed by atoms with Crippen molar-refractivity contribution in [1.29, 1.82) is 0 Å². The average molecular weight is 268 g/mol. The van der Waals surface area contributed by atoms with E-state index in [0.717, 1.165) is 44.4 Å². The van der Waals surface area contributed by atoms with Crippen molar-refractivity contribution in [2.75, 3.05) is 20.1 Å². The summed E-state index contributed by atoms with van der Waals surface area (Å²) in [7, 11) is 1.88.